The summed E-state index contributed by atoms with van der Waals surface area (Å²) in [5, 5.41) is 11.1. The smallest absolute Gasteiger partial charge is 0.257 e. The Bertz CT molecular complexity index is 723. The minimum absolute atomic E-state index is 0.0344. The number of benzene rings is 2. The predicted octanol–water partition coefficient (Wildman–Crippen LogP) is 2.67. The topological polar surface area (TPSA) is 78.9 Å². The summed E-state index contributed by atoms with van der Waals surface area (Å²) in [5.41, 5.74) is 5.69. The van der Waals surface area contributed by atoms with Crippen molar-refractivity contribution in [3.63, 3.8) is 0 Å². The molecule has 3 N–H and O–H groups in total. The number of nitrogens with one attached hydrogen (secondary N) is 1. The van der Waals surface area contributed by atoms with Crippen LogP contribution >= 0.6 is 0 Å². The Morgan fingerprint density at radius 2 is 1.95 bits per heavy atom. The van der Waals surface area contributed by atoms with E-state index >= 15 is 0 Å². The Balaban J connectivity index is 2.28. The van der Waals surface area contributed by atoms with Gasteiger partial charge < -0.3 is 11.1 Å². The summed E-state index contributed by atoms with van der Waals surface area (Å²) in [6.07, 6.45) is 0. The standard InChI is InChI=1S/C14H9F2N3O/c15-9-1-4-13(18)11(6-9)14(20)19-10-2-3-12(16)8(5-10)7-17/h1-6H,18H2,(H,19,20). The van der Waals surface area contributed by atoms with E-state index in [1.807, 2.05) is 0 Å². The first-order valence-corrected chi connectivity index (χ1v) is 5.57. The Kier molecular flexibility index (Phi) is 3.62. The minimum Gasteiger partial charge on any atom is -0.398 e. The maximum absolute atomic E-state index is 13.1. The lowest BCUT2D eigenvalue weighted by molar-refractivity contribution is 0.102. The van der Waals surface area contributed by atoms with E-state index in [0.29, 0.717) is 0 Å². The molecule has 0 heterocycles. The van der Waals surface area contributed by atoms with Crippen molar-refractivity contribution in [3.8, 4) is 6.07 Å². The lowest BCUT2D eigenvalue weighted by Crippen LogP contribution is -2.14. The van der Waals surface area contributed by atoms with Crippen LogP contribution in [0.4, 0.5) is 20.2 Å². The second-order valence-corrected chi connectivity index (χ2v) is 3.99. The van der Waals surface area contributed by atoms with Crippen molar-refractivity contribution in [2.24, 2.45) is 0 Å². The van der Waals surface area contributed by atoms with E-state index in [0.717, 1.165) is 18.2 Å². The van der Waals surface area contributed by atoms with Crippen molar-refractivity contribution in [3.05, 3.63) is 59.2 Å². The molecule has 0 bridgehead atoms. The largest absolute Gasteiger partial charge is 0.398 e. The number of rotatable bonds is 2. The number of halogens is 2. The molecule has 0 saturated heterocycles. The summed E-state index contributed by atoms with van der Waals surface area (Å²) in [6, 6.07) is 8.60. The zero-order chi connectivity index (χ0) is 14.7. The second-order valence-electron chi connectivity index (χ2n) is 3.99. The predicted molar refractivity (Wildman–Crippen MR) is 69.9 cm³/mol. The number of carbonyl (C=O) groups is 1. The van der Waals surface area contributed by atoms with Gasteiger partial charge in [0.05, 0.1) is 11.1 Å². The van der Waals surface area contributed by atoms with E-state index in [9.17, 15) is 13.6 Å². The molecule has 0 aliphatic rings. The van der Waals surface area contributed by atoms with Crippen molar-refractivity contribution in [1.29, 1.82) is 5.26 Å². The monoisotopic (exact) mass is 273 g/mol. The molecule has 2 aromatic rings. The maximum Gasteiger partial charge on any atom is 0.257 e. The lowest BCUT2D eigenvalue weighted by atomic mass is 10.1. The molecule has 0 atom stereocenters. The number of nitrogens with two attached hydrogens (primary N) is 1. The van der Waals surface area contributed by atoms with Gasteiger partial charge in [0.15, 0.2) is 0 Å². The van der Waals surface area contributed by atoms with Crippen molar-refractivity contribution >= 4 is 17.3 Å². The lowest BCUT2D eigenvalue weighted by Gasteiger charge is -2.08. The van der Waals surface area contributed by atoms with Crippen molar-refractivity contribution in [1.82, 2.24) is 0 Å². The molecule has 2 aromatic carbocycles. The van der Waals surface area contributed by atoms with E-state index in [4.69, 9.17) is 11.0 Å². The molecule has 4 nitrogen and oxygen atoms in total. The molecule has 0 aliphatic carbocycles. The van der Waals surface area contributed by atoms with Gasteiger partial charge in [0.1, 0.15) is 17.7 Å². The van der Waals surface area contributed by atoms with Gasteiger partial charge in [-0.3, -0.25) is 4.79 Å². The van der Waals surface area contributed by atoms with E-state index in [-0.39, 0.29) is 22.5 Å². The van der Waals surface area contributed by atoms with Crippen LogP contribution in [0.1, 0.15) is 15.9 Å². The van der Waals surface area contributed by atoms with Crippen LogP contribution < -0.4 is 11.1 Å². The Morgan fingerprint density at radius 1 is 1.20 bits per heavy atom. The van der Waals surface area contributed by atoms with Crippen LogP contribution in [0.15, 0.2) is 36.4 Å². The van der Waals surface area contributed by atoms with Crippen LogP contribution in [0.3, 0.4) is 0 Å². The molecule has 1 amide bonds. The first kappa shape index (κ1) is 13.5. The summed E-state index contributed by atoms with van der Waals surface area (Å²) in [6.45, 7) is 0. The van der Waals surface area contributed by atoms with E-state index in [1.165, 1.54) is 18.2 Å². The second kappa shape index (κ2) is 5.36. The zero-order valence-corrected chi connectivity index (χ0v) is 10.2. The molecule has 0 saturated carbocycles. The third-order valence-electron chi connectivity index (χ3n) is 2.60. The number of hydrogen-bond acceptors (Lipinski definition) is 3. The molecule has 0 aromatic heterocycles. The fraction of sp³-hybridized carbons (Fsp3) is 0. The van der Waals surface area contributed by atoms with Crippen LogP contribution in [0, 0.1) is 23.0 Å². The highest BCUT2D eigenvalue weighted by Gasteiger charge is 2.12. The van der Waals surface area contributed by atoms with Gasteiger partial charge in [-0.25, -0.2) is 8.78 Å². The average Bonchev–Trinajstić information content (AvgIpc) is 2.43. The highest BCUT2D eigenvalue weighted by molar-refractivity contribution is 6.07. The third kappa shape index (κ3) is 2.72. The summed E-state index contributed by atoms with van der Waals surface area (Å²) < 4.78 is 26.2. The van der Waals surface area contributed by atoms with Crippen molar-refractivity contribution < 1.29 is 13.6 Å². The van der Waals surface area contributed by atoms with E-state index in [2.05, 4.69) is 5.32 Å². The number of nitrogen functional groups attached to an aromatic ring is 1. The summed E-state index contributed by atoms with van der Waals surface area (Å²) in [4.78, 5) is 11.9. The van der Waals surface area contributed by atoms with Crippen molar-refractivity contribution in [2.75, 3.05) is 11.1 Å². The highest BCUT2D eigenvalue weighted by atomic mass is 19.1. The van der Waals surface area contributed by atoms with Gasteiger partial charge in [-0.1, -0.05) is 0 Å². The van der Waals surface area contributed by atoms with Crippen LogP contribution in [-0.2, 0) is 0 Å². The quantitative estimate of drug-likeness (QED) is 0.825. The van der Waals surface area contributed by atoms with Crippen LogP contribution in [0.5, 0.6) is 0 Å². The van der Waals surface area contributed by atoms with Gasteiger partial charge in [0.25, 0.3) is 5.91 Å². The molecule has 20 heavy (non-hydrogen) atoms. The summed E-state index contributed by atoms with van der Waals surface area (Å²) in [7, 11) is 0. The molecule has 2 rings (SSSR count). The SMILES string of the molecule is N#Cc1cc(NC(=O)c2cc(F)ccc2N)ccc1F. The molecular formula is C14H9F2N3O. The van der Waals surface area contributed by atoms with E-state index < -0.39 is 17.5 Å². The number of nitrogens with zero attached hydrogens (tertiary/aromatic N) is 1. The summed E-state index contributed by atoms with van der Waals surface area (Å²) in [5.74, 6) is -1.92. The number of amides is 1. The molecule has 6 heteroatoms. The van der Waals surface area contributed by atoms with Gasteiger partial charge in [0, 0.05) is 11.4 Å². The van der Waals surface area contributed by atoms with E-state index in [1.54, 1.807) is 6.07 Å². The van der Waals surface area contributed by atoms with Gasteiger partial charge in [-0.05, 0) is 36.4 Å². The molecule has 100 valence electrons. The maximum atomic E-state index is 13.1. The van der Waals surface area contributed by atoms with Gasteiger partial charge in [-0.2, -0.15) is 5.26 Å². The molecule has 0 fully saturated rings. The van der Waals surface area contributed by atoms with Crippen LogP contribution in [0.2, 0.25) is 0 Å². The number of hydrogen-bond donors (Lipinski definition) is 2. The number of nitriles is 1. The van der Waals surface area contributed by atoms with Gasteiger partial charge >= 0.3 is 0 Å². The molecule has 0 radical (unpaired) electrons. The highest BCUT2D eigenvalue weighted by Crippen LogP contribution is 2.18. The molecule has 0 spiro atoms. The molecular weight excluding hydrogens is 264 g/mol. The third-order valence-corrected chi connectivity index (χ3v) is 2.60. The summed E-state index contributed by atoms with van der Waals surface area (Å²) >= 11 is 0. The minimum atomic E-state index is -0.684. The normalized spacial score (nSPS) is 9.85. The Morgan fingerprint density at radius 3 is 2.65 bits per heavy atom. The number of carbonyl (C=O) groups excluding carboxylic acids is 1. The molecule has 0 unspecified atom stereocenters. The average molecular weight is 273 g/mol. The Hall–Kier alpha value is -2.94. The number of anilines is 2. The van der Waals surface area contributed by atoms with Gasteiger partial charge in [-0.15, -0.1) is 0 Å². The van der Waals surface area contributed by atoms with Crippen LogP contribution in [-0.4, -0.2) is 5.91 Å². The van der Waals surface area contributed by atoms with Crippen LogP contribution in [0.25, 0.3) is 0 Å². The van der Waals surface area contributed by atoms with Gasteiger partial charge in [0.2, 0.25) is 0 Å². The fourth-order valence-electron chi connectivity index (χ4n) is 1.61. The zero-order valence-electron chi connectivity index (χ0n) is 10.2. The fourth-order valence-corrected chi connectivity index (χ4v) is 1.61. The molecule has 0 aliphatic heterocycles. The Labute approximate surface area is 113 Å². The first-order valence-electron chi connectivity index (χ1n) is 5.57. The van der Waals surface area contributed by atoms with Crippen molar-refractivity contribution in [2.45, 2.75) is 0 Å². The first-order chi connectivity index (χ1) is 9.51.